The molecule has 0 radical (unpaired) electrons. The van der Waals surface area contributed by atoms with Crippen molar-refractivity contribution in [1.82, 2.24) is 4.57 Å². The maximum absolute atomic E-state index is 12.3. The molecule has 1 aliphatic rings. The number of fused-ring (bicyclic) bond motifs is 1. The number of ether oxygens (including phenoxy) is 1. The number of pyridine rings is 1. The molecule has 0 aliphatic heterocycles. The predicted molar refractivity (Wildman–Crippen MR) is 97.9 cm³/mol. The number of methoxy groups -OCH3 is 1. The molecule has 3 rings (SSSR count). The van der Waals surface area contributed by atoms with Gasteiger partial charge in [-0.25, -0.2) is 0 Å². The van der Waals surface area contributed by atoms with E-state index in [1.807, 2.05) is 25.4 Å². The minimum atomic E-state index is 0.114. The Morgan fingerprint density at radius 1 is 1.27 bits per heavy atom. The van der Waals surface area contributed by atoms with E-state index in [4.69, 9.17) is 4.74 Å². The highest BCUT2D eigenvalue weighted by atomic mass is 127. The summed E-state index contributed by atoms with van der Waals surface area (Å²) in [6, 6.07) is 8.14. The molecule has 114 valence electrons. The lowest BCUT2D eigenvalue weighted by molar-refractivity contribution is 0.414. The van der Waals surface area contributed by atoms with Gasteiger partial charge < -0.3 is 9.30 Å². The largest absolute Gasteiger partial charge is 0.497 e. The summed E-state index contributed by atoms with van der Waals surface area (Å²) in [7, 11) is 3.50. The molecule has 1 atom stereocenters. The third-order valence-corrected chi connectivity index (χ3v) is 4.97. The highest BCUT2D eigenvalue weighted by molar-refractivity contribution is 14.1. The maximum atomic E-state index is 12.3. The Morgan fingerprint density at radius 2 is 1.95 bits per heavy atom. The Morgan fingerprint density at radius 3 is 2.59 bits per heavy atom. The zero-order valence-electron chi connectivity index (χ0n) is 12.9. The lowest BCUT2D eigenvalue weighted by Gasteiger charge is -2.17. The van der Waals surface area contributed by atoms with Crippen LogP contribution in [0.25, 0.3) is 6.08 Å². The molecule has 0 spiro atoms. The first-order chi connectivity index (χ1) is 10.5. The third kappa shape index (κ3) is 2.60. The first kappa shape index (κ1) is 15.3. The molecule has 0 saturated heterocycles. The van der Waals surface area contributed by atoms with Crippen LogP contribution >= 0.6 is 22.6 Å². The number of halogens is 1. The standard InChI is InChI=1S/C18H18INO2/c1-11(12-4-6-14(22-3)7-5-12)17-10-20(2)18(21)16-9-13(19)8-15(16)17/h4-8,10-11H,9H2,1-3H3. The Bertz CT molecular complexity index is 803. The highest BCUT2D eigenvalue weighted by Crippen LogP contribution is 2.35. The van der Waals surface area contributed by atoms with E-state index in [0.717, 1.165) is 23.3 Å². The van der Waals surface area contributed by atoms with Gasteiger partial charge in [-0.15, -0.1) is 0 Å². The highest BCUT2D eigenvalue weighted by Gasteiger charge is 2.22. The van der Waals surface area contributed by atoms with Crippen molar-refractivity contribution in [3.63, 3.8) is 0 Å². The molecule has 4 heteroatoms. The van der Waals surface area contributed by atoms with Gasteiger partial charge in [0.2, 0.25) is 0 Å². The van der Waals surface area contributed by atoms with E-state index in [2.05, 4.69) is 47.7 Å². The summed E-state index contributed by atoms with van der Waals surface area (Å²) in [6.07, 6.45) is 4.88. The fraction of sp³-hybridized carbons (Fsp3) is 0.278. The molecule has 3 nitrogen and oxygen atoms in total. The Balaban J connectivity index is 2.09. The lowest BCUT2D eigenvalue weighted by Crippen LogP contribution is -2.22. The quantitative estimate of drug-likeness (QED) is 0.724. The number of aromatic nitrogens is 1. The van der Waals surface area contributed by atoms with E-state index in [1.165, 1.54) is 14.7 Å². The number of hydrogen-bond acceptors (Lipinski definition) is 2. The molecule has 0 amide bonds. The van der Waals surface area contributed by atoms with Gasteiger partial charge in [0.15, 0.2) is 0 Å². The number of benzene rings is 1. The van der Waals surface area contributed by atoms with Crippen molar-refractivity contribution < 1.29 is 4.74 Å². The molecular formula is C18H18INO2. The van der Waals surface area contributed by atoms with Gasteiger partial charge >= 0.3 is 0 Å². The molecule has 1 unspecified atom stereocenters. The van der Waals surface area contributed by atoms with Crippen LogP contribution in [0.1, 0.15) is 35.1 Å². The van der Waals surface area contributed by atoms with Crippen molar-refractivity contribution in [3.05, 3.63) is 66.6 Å². The van der Waals surface area contributed by atoms with Gasteiger partial charge in [-0.2, -0.15) is 0 Å². The van der Waals surface area contributed by atoms with Crippen molar-refractivity contribution in [1.29, 1.82) is 0 Å². The van der Waals surface area contributed by atoms with Crippen molar-refractivity contribution in [2.45, 2.75) is 19.3 Å². The van der Waals surface area contributed by atoms with Gasteiger partial charge in [-0.3, -0.25) is 4.79 Å². The minimum absolute atomic E-state index is 0.114. The third-order valence-electron chi connectivity index (χ3n) is 4.28. The minimum Gasteiger partial charge on any atom is -0.497 e. The zero-order valence-corrected chi connectivity index (χ0v) is 15.0. The maximum Gasteiger partial charge on any atom is 0.254 e. The van der Waals surface area contributed by atoms with E-state index in [-0.39, 0.29) is 11.5 Å². The number of rotatable bonds is 3. The van der Waals surface area contributed by atoms with Crippen LogP contribution in [-0.2, 0) is 13.5 Å². The molecule has 22 heavy (non-hydrogen) atoms. The van der Waals surface area contributed by atoms with Gasteiger partial charge in [-0.05, 0) is 61.1 Å². The first-order valence-electron chi connectivity index (χ1n) is 7.23. The fourth-order valence-electron chi connectivity index (χ4n) is 2.97. The summed E-state index contributed by atoms with van der Waals surface area (Å²) < 4.78 is 8.15. The average Bonchev–Trinajstić information content (AvgIpc) is 2.92. The van der Waals surface area contributed by atoms with Crippen LogP contribution in [-0.4, -0.2) is 11.7 Å². The summed E-state index contributed by atoms with van der Waals surface area (Å²) in [5.74, 6) is 1.08. The van der Waals surface area contributed by atoms with Gasteiger partial charge in [-0.1, -0.05) is 19.1 Å². The second-order valence-electron chi connectivity index (χ2n) is 5.66. The van der Waals surface area contributed by atoms with Crippen LogP contribution in [0, 0.1) is 0 Å². The molecule has 2 aromatic rings. The van der Waals surface area contributed by atoms with E-state index in [1.54, 1.807) is 11.7 Å². The van der Waals surface area contributed by atoms with Crippen molar-refractivity contribution in [2.75, 3.05) is 7.11 Å². The molecule has 1 aliphatic carbocycles. The first-order valence-corrected chi connectivity index (χ1v) is 8.31. The summed E-state index contributed by atoms with van der Waals surface area (Å²) in [4.78, 5) is 12.3. The molecule has 0 fully saturated rings. The molecule has 0 saturated carbocycles. The van der Waals surface area contributed by atoms with E-state index in [0.29, 0.717) is 0 Å². The Labute approximate surface area is 143 Å². The summed E-state index contributed by atoms with van der Waals surface area (Å²) in [6.45, 7) is 2.18. The van der Waals surface area contributed by atoms with Crippen LogP contribution in [0.5, 0.6) is 5.75 Å². The molecule has 1 heterocycles. The average molecular weight is 407 g/mol. The monoisotopic (exact) mass is 407 g/mol. The van der Waals surface area contributed by atoms with Crippen LogP contribution in [0.3, 0.4) is 0 Å². The van der Waals surface area contributed by atoms with E-state index in [9.17, 15) is 4.79 Å². The van der Waals surface area contributed by atoms with Crippen LogP contribution in [0.2, 0.25) is 0 Å². The Kier molecular flexibility index (Phi) is 4.12. The Hall–Kier alpha value is -1.56. The molecule has 1 aromatic heterocycles. The second-order valence-corrected chi connectivity index (χ2v) is 7.04. The van der Waals surface area contributed by atoms with Gasteiger partial charge in [0.25, 0.3) is 5.56 Å². The molecule has 0 bridgehead atoms. The van der Waals surface area contributed by atoms with Crippen molar-refractivity contribution in [3.8, 4) is 5.75 Å². The van der Waals surface area contributed by atoms with Gasteiger partial charge in [0.05, 0.1) is 7.11 Å². The number of hydrogen-bond donors (Lipinski definition) is 0. The lowest BCUT2D eigenvalue weighted by atomic mass is 9.90. The summed E-state index contributed by atoms with van der Waals surface area (Å²) >= 11 is 2.32. The van der Waals surface area contributed by atoms with Crippen molar-refractivity contribution in [2.24, 2.45) is 7.05 Å². The summed E-state index contributed by atoms with van der Waals surface area (Å²) in [5.41, 5.74) is 4.56. The zero-order chi connectivity index (χ0) is 15.9. The van der Waals surface area contributed by atoms with Crippen LogP contribution in [0.15, 0.2) is 38.8 Å². The smallest absolute Gasteiger partial charge is 0.254 e. The number of nitrogens with zero attached hydrogens (tertiary/aromatic N) is 1. The van der Waals surface area contributed by atoms with Crippen molar-refractivity contribution >= 4 is 28.7 Å². The fourth-order valence-corrected chi connectivity index (χ4v) is 3.67. The molecule has 0 N–H and O–H groups in total. The number of aryl methyl sites for hydroxylation is 1. The van der Waals surface area contributed by atoms with Gasteiger partial charge in [0.1, 0.15) is 5.75 Å². The van der Waals surface area contributed by atoms with Gasteiger partial charge in [0, 0.05) is 31.1 Å². The summed E-state index contributed by atoms with van der Waals surface area (Å²) in [5, 5.41) is 0. The normalized spacial score (nSPS) is 14.5. The van der Waals surface area contributed by atoms with E-state index >= 15 is 0 Å². The van der Waals surface area contributed by atoms with Crippen LogP contribution < -0.4 is 10.3 Å². The predicted octanol–water partition coefficient (Wildman–Crippen LogP) is 3.88. The molecular weight excluding hydrogens is 389 g/mol. The number of allylic oxidation sites excluding steroid dienone is 1. The second kappa shape index (κ2) is 5.91. The molecule has 1 aromatic carbocycles. The topological polar surface area (TPSA) is 31.2 Å². The van der Waals surface area contributed by atoms with Crippen LogP contribution in [0.4, 0.5) is 0 Å². The SMILES string of the molecule is COc1ccc(C(C)c2cn(C)c(=O)c3c2C=C(I)C3)cc1. The van der Waals surface area contributed by atoms with E-state index < -0.39 is 0 Å².